The summed E-state index contributed by atoms with van der Waals surface area (Å²) >= 11 is 1.28. The molecular weight excluding hydrogens is 319 g/mol. The van der Waals surface area contributed by atoms with Crippen LogP contribution in [0.2, 0.25) is 0 Å². The molecule has 0 amide bonds. The number of hydrogen-bond acceptors (Lipinski definition) is 8. The van der Waals surface area contributed by atoms with Gasteiger partial charge in [0.15, 0.2) is 0 Å². The summed E-state index contributed by atoms with van der Waals surface area (Å²) in [6, 6.07) is 5.50. The Bertz CT molecular complexity index is 580. The number of thioether (sulfide) groups is 1. The van der Waals surface area contributed by atoms with Crippen LogP contribution in [0.4, 0.5) is 5.69 Å². The van der Waals surface area contributed by atoms with Gasteiger partial charge in [0.25, 0.3) is 0 Å². The monoisotopic (exact) mass is 334 g/mol. The summed E-state index contributed by atoms with van der Waals surface area (Å²) in [6.07, 6.45) is 1.76. The summed E-state index contributed by atoms with van der Waals surface area (Å²) in [4.78, 5) is 10.3. The van der Waals surface area contributed by atoms with Crippen molar-refractivity contribution >= 4 is 30.3 Å². The molecule has 0 aliphatic heterocycles. The number of hydrogen-bond donors (Lipinski definition) is 0. The van der Waals surface area contributed by atoms with E-state index >= 15 is 0 Å². The summed E-state index contributed by atoms with van der Waals surface area (Å²) < 4.78 is 27.2. The lowest BCUT2D eigenvalue weighted by Crippen LogP contribution is -2.02. The van der Waals surface area contributed by atoms with Gasteiger partial charge in [-0.2, -0.15) is 0 Å². The van der Waals surface area contributed by atoms with Crippen LogP contribution in [0.1, 0.15) is 13.8 Å². The number of nitro groups is 1. The second-order valence-electron chi connectivity index (χ2n) is 3.58. The van der Waals surface area contributed by atoms with Gasteiger partial charge in [0.2, 0.25) is 5.75 Å². The van der Waals surface area contributed by atoms with Crippen LogP contribution >= 0.6 is 19.6 Å². The fraction of sp³-hybridized carbons (Fsp3) is 0.364. The molecule has 0 aromatic heterocycles. The van der Waals surface area contributed by atoms with E-state index in [-0.39, 0.29) is 18.0 Å². The Kier molecular flexibility index (Phi) is 6.67. The van der Waals surface area contributed by atoms with Crippen LogP contribution in [0.15, 0.2) is 29.4 Å². The normalized spacial score (nSPS) is 14.3. The maximum absolute atomic E-state index is 12.4. The van der Waals surface area contributed by atoms with Gasteiger partial charge in [0.1, 0.15) is 5.04 Å². The van der Waals surface area contributed by atoms with E-state index < -0.39 is 12.7 Å². The van der Waals surface area contributed by atoms with Crippen LogP contribution in [0.5, 0.6) is 5.75 Å². The number of para-hydroxylation sites is 2. The average Bonchev–Trinajstić information content (AvgIpc) is 2.45. The number of phosphoric acid groups is 1. The summed E-state index contributed by atoms with van der Waals surface area (Å²) in [5.41, 5.74) is -0.341. The van der Waals surface area contributed by atoms with Crippen molar-refractivity contribution in [2.75, 3.05) is 12.9 Å². The molecule has 1 unspecified atom stereocenters. The molecule has 116 valence electrons. The van der Waals surface area contributed by atoms with E-state index in [1.54, 1.807) is 20.1 Å². The first kappa shape index (κ1) is 17.5. The Morgan fingerprint density at radius 3 is 2.71 bits per heavy atom. The van der Waals surface area contributed by atoms with Gasteiger partial charge in [-0.05, 0) is 26.2 Å². The lowest BCUT2D eigenvalue weighted by molar-refractivity contribution is -0.385. The van der Waals surface area contributed by atoms with Gasteiger partial charge >= 0.3 is 13.5 Å². The molecule has 8 nitrogen and oxygen atoms in total. The Morgan fingerprint density at radius 1 is 1.48 bits per heavy atom. The molecule has 0 aliphatic rings. The molecule has 1 atom stereocenters. The third-order valence-electron chi connectivity index (χ3n) is 2.12. The summed E-state index contributed by atoms with van der Waals surface area (Å²) in [5, 5.41) is 15.0. The van der Waals surface area contributed by atoms with E-state index in [0.717, 1.165) is 0 Å². The van der Waals surface area contributed by atoms with Gasteiger partial charge in [-0.25, -0.2) is 4.57 Å². The summed E-state index contributed by atoms with van der Waals surface area (Å²) in [7, 11) is -4.08. The predicted molar refractivity (Wildman–Crippen MR) is 80.7 cm³/mol. The quantitative estimate of drug-likeness (QED) is 0.245. The smallest absolute Gasteiger partial charge is 0.387 e. The van der Waals surface area contributed by atoms with E-state index in [0.29, 0.717) is 5.04 Å². The molecule has 10 heteroatoms. The Hall–Kier alpha value is -1.57. The fourth-order valence-corrected chi connectivity index (χ4v) is 2.41. The molecule has 0 heterocycles. The highest BCUT2D eigenvalue weighted by Gasteiger charge is 2.33. The fourth-order valence-electron chi connectivity index (χ4n) is 1.18. The maximum atomic E-state index is 12.4. The van der Waals surface area contributed by atoms with Crippen molar-refractivity contribution in [2.24, 2.45) is 5.16 Å². The van der Waals surface area contributed by atoms with E-state index in [9.17, 15) is 14.7 Å². The molecule has 0 N–H and O–H groups in total. The van der Waals surface area contributed by atoms with Crippen LogP contribution in [-0.4, -0.2) is 22.8 Å². The van der Waals surface area contributed by atoms with Crippen molar-refractivity contribution in [3.63, 3.8) is 0 Å². The second-order valence-corrected chi connectivity index (χ2v) is 6.07. The maximum Gasteiger partial charge on any atom is 0.608 e. The Labute approximate surface area is 126 Å². The van der Waals surface area contributed by atoms with Crippen molar-refractivity contribution in [3.8, 4) is 5.75 Å². The van der Waals surface area contributed by atoms with Gasteiger partial charge in [0, 0.05) is 6.07 Å². The van der Waals surface area contributed by atoms with E-state index in [4.69, 9.17) is 13.7 Å². The molecule has 0 aliphatic carbocycles. The Balaban J connectivity index is 3.03. The summed E-state index contributed by atoms with van der Waals surface area (Å²) in [6.45, 7) is 3.27. The zero-order valence-electron chi connectivity index (χ0n) is 11.7. The van der Waals surface area contributed by atoms with Crippen molar-refractivity contribution in [3.05, 3.63) is 34.4 Å². The minimum absolute atomic E-state index is 0.0335. The zero-order chi connectivity index (χ0) is 15.9. The van der Waals surface area contributed by atoms with Crippen molar-refractivity contribution in [2.45, 2.75) is 13.8 Å². The molecule has 1 aromatic rings. The molecule has 0 saturated heterocycles. The van der Waals surface area contributed by atoms with Crippen LogP contribution < -0.4 is 4.52 Å². The minimum atomic E-state index is -4.08. The first-order valence-electron chi connectivity index (χ1n) is 5.86. The highest BCUT2D eigenvalue weighted by molar-refractivity contribution is 8.13. The molecule has 1 aromatic carbocycles. The molecule has 0 bridgehead atoms. The van der Waals surface area contributed by atoms with Gasteiger partial charge < -0.3 is 4.52 Å². The first-order chi connectivity index (χ1) is 9.91. The molecular formula is C11H15N2O6PS. The van der Waals surface area contributed by atoms with Crippen LogP contribution in [0, 0.1) is 10.1 Å². The number of rotatable bonds is 7. The highest BCUT2D eigenvalue weighted by atomic mass is 32.2. The van der Waals surface area contributed by atoms with Crippen molar-refractivity contribution in [1.82, 2.24) is 0 Å². The topological polar surface area (TPSA) is 100 Å². The third kappa shape index (κ3) is 5.37. The second kappa shape index (κ2) is 8.02. The molecule has 0 fully saturated rings. The third-order valence-corrected chi connectivity index (χ3v) is 4.07. The lowest BCUT2D eigenvalue weighted by Gasteiger charge is -2.15. The number of oxime groups is 1. The van der Waals surface area contributed by atoms with E-state index in [2.05, 4.69) is 5.16 Å². The predicted octanol–water partition coefficient (Wildman–Crippen LogP) is 3.83. The van der Waals surface area contributed by atoms with Crippen molar-refractivity contribution < 1.29 is 23.2 Å². The van der Waals surface area contributed by atoms with Gasteiger partial charge in [-0.3, -0.25) is 19.3 Å². The van der Waals surface area contributed by atoms with Crippen LogP contribution in [-0.2, 0) is 13.7 Å². The van der Waals surface area contributed by atoms with Gasteiger partial charge in [-0.15, -0.1) is 11.8 Å². The van der Waals surface area contributed by atoms with Crippen LogP contribution in [0.3, 0.4) is 0 Å². The molecule has 1 rings (SSSR count). The number of phosphoric ester groups is 1. The summed E-state index contributed by atoms with van der Waals surface area (Å²) in [5.74, 6) is -0.212. The highest BCUT2D eigenvalue weighted by Crippen LogP contribution is 2.51. The van der Waals surface area contributed by atoms with Crippen LogP contribution in [0.25, 0.3) is 0 Å². The van der Waals surface area contributed by atoms with E-state index in [1.165, 1.54) is 36.0 Å². The molecule has 0 spiro atoms. The van der Waals surface area contributed by atoms with Gasteiger partial charge in [0.05, 0.1) is 11.5 Å². The lowest BCUT2D eigenvalue weighted by atomic mass is 10.3. The van der Waals surface area contributed by atoms with Crippen molar-refractivity contribution in [1.29, 1.82) is 0 Å². The minimum Gasteiger partial charge on any atom is -0.387 e. The number of nitro benzene ring substituents is 1. The average molecular weight is 334 g/mol. The van der Waals surface area contributed by atoms with Gasteiger partial charge in [-0.1, -0.05) is 17.3 Å². The first-order valence-corrected chi connectivity index (χ1v) is 8.55. The largest absolute Gasteiger partial charge is 0.608 e. The number of benzene rings is 1. The molecule has 0 radical (unpaired) electrons. The Morgan fingerprint density at radius 2 is 2.14 bits per heavy atom. The zero-order valence-corrected chi connectivity index (χ0v) is 13.4. The molecule has 21 heavy (non-hydrogen) atoms. The number of nitrogens with zero attached hydrogens (tertiary/aromatic N) is 2. The molecule has 0 saturated carbocycles. The SMILES string of the molecule is CCOP(=O)(O/N=C(\C)SC)Oc1ccccc1[N+](=O)[O-]. The van der Waals surface area contributed by atoms with E-state index in [1.807, 2.05) is 0 Å². The standard InChI is InChI=1S/C11H15N2O6PS/c1-4-17-20(16,19-12-9(2)21-3)18-11-8-6-5-7-10(11)13(14)15/h5-8H,4H2,1-3H3/b12-9+.